The van der Waals surface area contributed by atoms with Gasteiger partial charge in [-0.15, -0.1) is 24.0 Å². The molecule has 1 rings (SSSR count). The molecule has 0 aromatic heterocycles. The van der Waals surface area contributed by atoms with Gasteiger partial charge in [0.25, 0.3) is 0 Å². The molecule has 114 valence electrons. The Labute approximate surface area is 133 Å². The molecule has 8 heteroatoms. The number of halogens is 1. The van der Waals surface area contributed by atoms with Crippen molar-refractivity contribution in [2.45, 2.75) is 0 Å². The fraction of sp³-hybridized carbons (Fsp3) is 0.909. The Morgan fingerprint density at radius 2 is 1.58 bits per heavy atom. The Bertz CT molecular complexity index is 371. The summed E-state index contributed by atoms with van der Waals surface area (Å²) in [5.74, 6) is 1.50. The first-order valence-electron chi connectivity index (χ1n) is 6.14. The second kappa shape index (κ2) is 8.25. The van der Waals surface area contributed by atoms with E-state index in [0.29, 0.717) is 19.6 Å². The van der Waals surface area contributed by atoms with E-state index >= 15 is 0 Å². The molecular weight excluding hydrogens is 379 g/mol. The van der Waals surface area contributed by atoms with Crippen LogP contribution in [0, 0.1) is 0 Å². The summed E-state index contributed by atoms with van der Waals surface area (Å²) in [6.07, 6.45) is 0. The molecule has 1 aliphatic heterocycles. The minimum absolute atomic E-state index is 0. The zero-order valence-corrected chi connectivity index (χ0v) is 15.3. The van der Waals surface area contributed by atoms with Crippen molar-refractivity contribution in [3.63, 3.8) is 0 Å². The molecule has 1 fully saturated rings. The van der Waals surface area contributed by atoms with Crippen LogP contribution in [0.4, 0.5) is 0 Å². The second-order valence-corrected chi connectivity index (χ2v) is 7.27. The number of sulfone groups is 1. The summed E-state index contributed by atoms with van der Waals surface area (Å²) in [6, 6.07) is 0. The number of guanidine groups is 1. The van der Waals surface area contributed by atoms with Crippen LogP contribution < -0.4 is 0 Å². The molecule has 0 N–H and O–H groups in total. The van der Waals surface area contributed by atoms with Gasteiger partial charge in [0.15, 0.2) is 15.8 Å². The lowest BCUT2D eigenvalue weighted by molar-refractivity contribution is 0.303. The molecule has 0 aliphatic carbocycles. The molecule has 0 unspecified atom stereocenters. The first kappa shape index (κ1) is 18.9. The summed E-state index contributed by atoms with van der Waals surface area (Å²) in [7, 11) is 5.08. The third-order valence-electron chi connectivity index (χ3n) is 2.91. The van der Waals surface area contributed by atoms with Crippen LogP contribution in [-0.2, 0) is 9.84 Å². The highest BCUT2D eigenvalue weighted by Gasteiger charge is 2.20. The lowest BCUT2D eigenvalue weighted by Crippen LogP contribution is -2.42. The van der Waals surface area contributed by atoms with Crippen LogP contribution in [0.3, 0.4) is 0 Å². The van der Waals surface area contributed by atoms with Gasteiger partial charge >= 0.3 is 0 Å². The van der Waals surface area contributed by atoms with Gasteiger partial charge in [-0.1, -0.05) is 0 Å². The zero-order chi connectivity index (χ0) is 13.8. The Balaban J connectivity index is 0.00000324. The average molecular weight is 404 g/mol. The van der Waals surface area contributed by atoms with E-state index in [9.17, 15) is 8.42 Å². The molecule has 0 radical (unpaired) electrons. The lowest BCUT2D eigenvalue weighted by Gasteiger charge is -2.27. The van der Waals surface area contributed by atoms with Gasteiger partial charge in [-0.2, -0.15) is 0 Å². The van der Waals surface area contributed by atoms with Crippen molar-refractivity contribution in [2.24, 2.45) is 4.99 Å². The standard InChI is InChI=1S/C11H24N4O2S.HI/c1-13(2)11(14(3)4)12-5-6-15-7-9-18(16,17)10-8-15;/h5-10H2,1-4H3;1H. The summed E-state index contributed by atoms with van der Waals surface area (Å²) >= 11 is 0. The van der Waals surface area contributed by atoms with Crippen LogP contribution in [0.1, 0.15) is 0 Å². The topological polar surface area (TPSA) is 56.2 Å². The normalized spacial score (nSPS) is 18.3. The Hall–Kier alpha value is -0.0900. The van der Waals surface area contributed by atoms with E-state index in [4.69, 9.17) is 0 Å². The average Bonchev–Trinajstić information content (AvgIpc) is 2.25. The minimum Gasteiger partial charge on any atom is -0.349 e. The second-order valence-electron chi connectivity index (χ2n) is 4.96. The Morgan fingerprint density at radius 3 is 2.00 bits per heavy atom. The largest absolute Gasteiger partial charge is 0.349 e. The molecule has 0 aromatic rings. The highest BCUT2D eigenvalue weighted by molar-refractivity contribution is 14.0. The smallest absolute Gasteiger partial charge is 0.195 e. The van der Waals surface area contributed by atoms with E-state index in [0.717, 1.165) is 12.5 Å². The predicted octanol–water partition coefficient (Wildman–Crippen LogP) is -0.186. The van der Waals surface area contributed by atoms with E-state index in [2.05, 4.69) is 9.89 Å². The van der Waals surface area contributed by atoms with Crippen LogP contribution in [-0.4, -0.2) is 95.0 Å². The molecule has 0 saturated carbocycles. The van der Waals surface area contributed by atoms with Crippen molar-refractivity contribution < 1.29 is 8.42 Å². The zero-order valence-electron chi connectivity index (χ0n) is 12.2. The monoisotopic (exact) mass is 404 g/mol. The SMILES string of the molecule is CN(C)C(=NCCN1CCS(=O)(=O)CC1)N(C)C.I. The highest BCUT2D eigenvalue weighted by Crippen LogP contribution is 2.03. The van der Waals surface area contributed by atoms with Crippen LogP contribution in [0.15, 0.2) is 4.99 Å². The molecule has 0 aromatic carbocycles. The number of hydrogen-bond acceptors (Lipinski definition) is 4. The van der Waals surface area contributed by atoms with Crippen LogP contribution in [0.5, 0.6) is 0 Å². The van der Waals surface area contributed by atoms with E-state index in [-0.39, 0.29) is 35.5 Å². The lowest BCUT2D eigenvalue weighted by atomic mass is 10.4. The molecule has 6 nitrogen and oxygen atoms in total. The maximum atomic E-state index is 11.3. The summed E-state index contributed by atoms with van der Waals surface area (Å²) in [5.41, 5.74) is 0. The van der Waals surface area contributed by atoms with E-state index in [1.807, 2.05) is 38.0 Å². The van der Waals surface area contributed by atoms with Crippen molar-refractivity contribution >= 4 is 39.8 Å². The third kappa shape index (κ3) is 6.75. The van der Waals surface area contributed by atoms with Crippen LogP contribution in [0.2, 0.25) is 0 Å². The maximum Gasteiger partial charge on any atom is 0.195 e. The summed E-state index contributed by atoms with van der Waals surface area (Å²) in [4.78, 5) is 10.6. The molecule has 0 amide bonds. The van der Waals surface area contributed by atoms with Crippen molar-refractivity contribution in [1.29, 1.82) is 0 Å². The quantitative estimate of drug-likeness (QED) is 0.371. The van der Waals surface area contributed by atoms with Gasteiger partial charge in [-0.25, -0.2) is 8.42 Å². The van der Waals surface area contributed by atoms with E-state index < -0.39 is 9.84 Å². The Morgan fingerprint density at radius 1 is 1.11 bits per heavy atom. The Kier molecular flexibility index (Phi) is 8.21. The number of hydrogen-bond donors (Lipinski definition) is 0. The first-order chi connectivity index (χ1) is 8.32. The number of aliphatic imine (C=N–C) groups is 1. The van der Waals surface area contributed by atoms with Crippen LogP contribution >= 0.6 is 24.0 Å². The van der Waals surface area contributed by atoms with Gasteiger partial charge in [0, 0.05) is 47.8 Å². The van der Waals surface area contributed by atoms with Gasteiger partial charge in [0.05, 0.1) is 18.1 Å². The van der Waals surface area contributed by atoms with Gasteiger partial charge in [-0.05, 0) is 0 Å². The van der Waals surface area contributed by atoms with Gasteiger partial charge in [0.1, 0.15) is 0 Å². The molecule has 0 spiro atoms. The molecule has 19 heavy (non-hydrogen) atoms. The molecule has 1 heterocycles. The number of nitrogens with zero attached hydrogens (tertiary/aromatic N) is 4. The van der Waals surface area contributed by atoms with Gasteiger partial charge in [0.2, 0.25) is 0 Å². The molecule has 0 bridgehead atoms. The summed E-state index contributed by atoms with van der Waals surface area (Å²) in [5, 5.41) is 0. The summed E-state index contributed by atoms with van der Waals surface area (Å²) < 4.78 is 22.6. The molecule has 0 atom stereocenters. The summed E-state index contributed by atoms with van der Waals surface area (Å²) in [6.45, 7) is 2.79. The van der Waals surface area contributed by atoms with E-state index in [1.165, 1.54) is 0 Å². The molecular formula is C11H25IN4O2S. The minimum atomic E-state index is -2.78. The predicted molar refractivity (Wildman–Crippen MR) is 90.2 cm³/mol. The first-order valence-corrected chi connectivity index (χ1v) is 7.96. The fourth-order valence-corrected chi connectivity index (χ4v) is 3.22. The van der Waals surface area contributed by atoms with Crippen molar-refractivity contribution in [2.75, 3.05) is 65.9 Å². The molecule has 1 aliphatic rings. The number of rotatable bonds is 3. The van der Waals surface area contributed by atoms with Crippen LogP contribution in [0.25, 0.3) is 0 Å². The van der Waals surface area contributed by atoms with E-state index in [1.54, 1.807) is 0 Å². The fourth-order valence-electron chi connectivity index (χ4n) is 1.95. The third-order valence-corrected chi connectivity index (χ3v) is 4.52. The van der Waals surface area contributed by atoms with Crippen molar-refractivity contribution in [1.82, 2.24) is 14.7 Å². The maximum absolute atomic E-state index is 11.3. The van der Waals surface area contributed by atoms with Gasteiger partial charge < -0.3 is 9.80 Å². The van der Waals surface area contributed by atoms with Crippen molar-refractivity contribution in [3.05, 3.63) is 0 Å². The highest BCUT2D eigenvalue weighted by atomic mass is 127. The molecule has 1 saturated heterocycles. The van der Waals surface area contributed by atoms with Crippen molar-refractivity contribution in [3.8, 4) is 0 Å². The van der Waals surface area contributed by atoms with Gasteiger partial charge in [-0.3, -0.25) is 9.89 Å².